The number of carbonyl (C=O) groups is 1. The van der Waals surface area contributed by atoms with Gasteiger partial charge in [0.25, 0.3) is 0 Å². The number of rotatable bonds is 2. The molecule has 2 rings (SSSR count). The number of hydrogen-bond acceptors (Lipinski definition) is 1. The first-order chi connectivity index (χ1) is 7.16. The Bertz CT molecular complexity index is 409. The van der Waals surface area contributed by atoms with Crippen LogP contribution in [0.15, 0.2) is 36.4 Å². The van der Waals surface area contributed by atoms with Gasteiger partial charge in [-0.3, -0.25) is 4.79 Å². The highest BCUT2D eigenvalue weighted by Crippen LogP contribution is 2.35. The van der Waals surface area contributed by atoms with Gasteiger partial charge in [-0.25, -0.2) is 0 Å². The third-order valence-corrected chi connectivity index (χ3v) is 2.70. The van der Waals surface area contributed by atoms with Crippen LogP contribution in [0, 0.1) is 0 Å². The maximum Gasteiger partial charge on any atom is 0.225 e. The van der Waals surface area contributed by atoms with Crippen molar-refractivity contribution >= 4 is 11.6 Å². The lowest BCUT2D eigenvalue weighted by molar-refractivity contribution is -0.116. The van der Waals surface area contributed by atoms with Crippen LogP contribution < -0.4 is 5.32 Å². The minimum atomic E-state index is 0.111. The zero-order valence-corrected chi connectivity index (χ0v) is 8.92. The lowest BCUT2D eigenvalue weighted by atomic mass is 9.86. The molecule has 1 heterocycles. The molecule has 2 heteroatoms. The van der Waals surface area contributed by atoms with E-state index in [1.165, 1.54) is 5.56 Å². The minimum absolute atomic E-state index is 0.111. The van der Waals surface area contributed by atoms with Gasteiger partial charge in [-0.15, -0.1) is 6.58 Å². The summed E-state index contributed by atoms with van der Waals surface area (Å²) in [5.74, 6) is 0.410. The van der Waals surface area contributed by atoms with Crippen molar-refractivity contribution in [3.63, 3.8) is 0 Å². The maximum atomic E-state index is 11.5. The number of anilines is 1. The third-order valence-electron chi connectivity index (χ3n) is 2.70. The van der Waals surface area contributed by atoms with E-state index in [4.69, 9.17) is 0 Å². The number of para-hydroxylation sites is 1. The van der Waals surface area contributed by atoms with E-state index in [1.807, 2.05) is 25.1 Å². The molecule has 0 aromatic heterocycles. The second-order valence-electron chi connectivity index (χ2n) is 4.20. The van der Waals surface area contributed by atoms with Gasteiger partial charge in [0.2, 0.25) is 5.91 Å². The summed E-state index contributed by atoms with van der Waals surface area (Å²) in [7, 11) is 0. The Morgan fingerprint density at radius 1 is 1.53 bits per heavy atom. The topological polar surface area (TPSA) is 29.1 Å². The first-order valence-electron chi connectivity index (χ1n) is 5.20. The van der Waals surface area contributed by atoms with E-state index in [0.29, 0.717) is 12.3 Å². The summed E-state index contributed by atoms with van der Waals surface area (Å²) < 4.78 is 0. The lowest BCUT2D eigenvalue weighted by Crippen LogP contribution is -2.22. The van der Waals surface area contributed by atoms with Crippen molar-refractivity contribution in [3.8, 4) is 0 Å². The Hall–Kier alpha value is -1.57. The number of fused-ring (bicyclic) bond motifs is 1. The van der Waals surface area contributed by atoms with Crippen LogP contribution in [0.3, 0.4) is 0 Å². The van der Waals surface area contributed by atoms with Crippen molar-refractivity contribution in [1.82, 2.24) is 0 Å². The second-order valence-corrected chi connectivity index (χ2v) is 4.20. The molecule has 1 aromatic carbocycles. The molecule has 0 saturated carbocycles. The maximum absolute atomic E-state index is 11.5. The molecule has 1 unspecified atom stereocenters. The van der Waals surface area contributed by atoms with Crippen LogP contribution in [-0.2, 0) is 4.79 Å². The number of carbonyl (C=O) groups excluding carboxylic acids is 1. The van der Waals surface area contributed by atoms with Crippen LogP contribution >= 0.6 is 0 Å². The number of benzene rings is 1. The fraction of sp³-hybridized carbons (Fsp3) is 0.308. The fourth-order valence-corrected chi connectivity index (χ4v) is 2.10. The molecule has 78 valence electrons. The summed E-state index contributed by atoms with van der Waals surface area (Å²) in [5, 5.41) is 2.89. The SMILES string of the molecule is C=C(C)CC1CC(=O)Nc2ccccc21. The molecule has 15 heavy (non-hydrogen) atoms. The van der Waals surface area contributed by atoms with E-state index in [1.54, 1.807) is 0 Å². The Balaban J connectivity index is 2.33. The summed E-state index contributed by atoms with van der Waals surface area (Å²) in [6, 6.07) is 8.00. The van der Waals surface area contributed by atoms with Crippen molar-refractivity contribution in [3.05, 3.63) is 42.0 Å². The molecule has 0 saturated heterocycles. The van der Waals surface area contributed by atoms with Gasteiger partial charge in [-0.1, -0.05) is 23.8 Å². The first-order valence-corrected chi connectivity index (χ1v) is 5.20. The van der Waals surface area contributed by atoms with Gasteiger partial charge >= 0.3 is 0 Å². The molecule has 1 N–H and O–H groups in total. The summed E-state index contributed by atoms with van der Waals surface area (Å²) in [4.78, 5) is 11.5. The molecule has 0 spiro atoms. The normalized spacial score (nSPS) is 19.3. The van der Waals surface area contributed by atoms with Crippen molar-refractivity contribution < 1.29 is 4.79 Å². The number of nitrogens with one attached hydrogen (secondary N) is 1. The highest BCUT2D eigenvalue weighted by molar-refractivity contribution is 5.94. The molecule has 1 amide bonds. The molecule has 0 bridgehead atoms. The van der Waals surface area contributed by atoms with Crippen molar-refractivity contribution in [2.75, 3.05) is 5.32 Å². The minimum Gasteiger partial charge on any atom is -0.326 e. The van der Waals surface area contributed by atoms with Crippen LogP contribution in [0.25, 0.3) is 0 Å². The van der Waals surface area contributed by atoms with Crippen molar-refractivity contribution in [2.45, 2.75) is 25.7 Å². The molecule has 1 aromatic rings. The van der Waals surface area contributed by atoms with E-state index in [2.05, 4.69) is 18.0 Å². The average Bonchev–Trinajstić information content (AvgIpc) is 2.16. The van der Waals surface area contributed by atoms with Crippen molar-refractivity contribution in [1.29, 1.82) is 0 Å². The van der Waals surface area contributed by atoms with E-state index in [0.717, 1.165) is 17.7 Å². The quantitative estimate of drug-likeness (QED) is 0.732. The Labute approximate surface area is 90.0 Å². The molecule has 0 aliphatic carbocycles. The van der Waals surface area contributed by atoms with E-state index in [9.17, 15) is 4.79 Å². The largest absolute Gasteiger partial charge is 0.326 e. The second kappa shape index (κ2) is 3.89. The van der Waals surface area contributed by atoms with Gasteiger partial charge in [0, 0.05) is 12.1 Å². The monoisotopic (exact) mass is 201 g/mol. The Kier molecular flexibility index (Phi) is 2.58. The standard InChI is InChI=1S/C13H15NO/c1-9(2)7-10-8-13(15)14-12-6-4-3-5-11(10)12/h3-6,10H,1,7-8H2,2H3,(H,14,15). The fourth-order valence-electron chi connectivity index (χ4n) is 2.10. The van der Waals surface area contributed by atoms with Gasteiger partial charge in [-0.05, 0) is 30.9 Å². The van der Waals surface area contributed by atoms with Gasteiger partial charge in [0.15, 0.2) is 0 Å². The molecule has 1 atom stereocenters. The zero-order valence-electron chi connectivity index (χ0n) is 8.92. The molecule has 1 aliphatic heterocycles. The molecule has 2 nitrogen and oxygen atoms in total. The summed E-state index contributed by atoms with van der Waals surface area (Å²) >= 11 is 0. The Morgan fingerprint density at radius 3 is 3.00 bits per heavy atom. The summed E-state index contributed by atoms with van der Waals surface area (Å²) in [5.41, 5.74) is 3.32. The van der Waals surface area contributed by atoms with Gasteiger partial charge in [0.1, 0.15) is 0 Å². The molecular weight excluding hydrogens is 186 g/mol. The van der Waals surface area contributed by atoms with Gasteiger partial charge in [0.05, 0.1) is 0 Å². The third kappa shape index (κ3) is 2.09. The predicted octanol–water partition coefficient (Wildman–Crippen LogP) is 3.08. The molecule has 0 fully saturated rings. The van der Waals surface area contributed by atoms with Crippen LogP contribution in [0.4, 0.5) is 5.69 Å². The predicted molar refractivity (Wildman–Crippen MR) is 61.9 cm³/mol. The van der Waals surface area contributed by atoms with Crippen LogP contribution in [-0.4, -0.2) is 5.91 Å². The van der Waals surface area contributed by atoms with E-state index in [-0.39, 0.29) is 5.91 Å². The van der Waals surface area contributed by atoms with E-state index >= 15 is 0 Å². The van der Waals surface area contributed by atoms with Gasteiger partial charge < -0.3 is 5.32 Å². The average molecular weight is 201 g/mol. The van der Waals surface area contributed by atoms with Crippen molar-refractivity contribution in [2.24, 2.45) is 0 Å². The molecule has 0 radical (unpaired) electrons. The zero-order chi connectivity index (χ0) is 10.8. The first kappa shape index (κ1) is 9.97. The highest BCUT2D eigenvalue weighted by atomic mass is 16.1. The number of amides is 1. The highest BCUT2D eigenvalue weighted by Gasteiger charge is 2.24. The van der Waals surface area contributed by atoms with Crippen LogP contribution in [0.2, 0.25) is 0 Å². The smallest absolute Gasteiger partial charge is 0.225 e. The lowest BCUT2D eigenvalue weighted by Gasteiger charge is -2.25. The Morgan fingerprint density at radius 2 is 2.27 bits per heavy atom. The number of hydrogen-bond donors (Lipinski definition) is 1. The van der Waals surface area contributed by atoms with E-state index < -0.39 is 0 Å². The van der Waals surface area contributed by atoms with Gasteiger partial charge in [-0.2, -0.15) is 0 Å². The van der Waals surface area contributed by atoms with Crippen LogP contribution in [0.1, 0.15) is 31.2 Å². The van der Waals surface area contributed by atoms with Crippen LogP contribution in [0.5, 0.6) is 0 Å². The molecule has 1 aliphatic rings. The summed E-state index contributed by atoms with van der Waals surface area (Å²) in [6.07, 6.45) is 1.47. The molecular formula is C13H15NO. The number of allylic oxidation sites excluding steroid dienone is 1. The summed E-state index contributed by atoms with van der Waals surface area (Å²) in [6.45, 7) is 5.92.